The van der Waals surface area contributed by atoms with E-state index in [1.165, 1.54) is 37.7 Å². The molecule has 0 amide bonds. The fraction of sp³-hybridized carbons (Fsp3) is 0.0400. The van der Waals surface area contributed by atoms with E-state index in [-0.39, 0.29) is 35.6 Å². The van der Waals surface area contributed by atoms with Gasteiger partial charge in [-0.1, -0.05) is 45.0 Å². The van der Waals surface area contributed by atoms with Crippen molar-refractivity contribution in [2.24, 2.45) is 0 Å². The van der Waals surface area contributed by atoms with Gasteiger partial charge in [0.25, 0.3) is 0 Å². The zero-order valence-electron chi connectivity index (χ0n) is 16.1. The molecule has 4 heteroatoms. The van der Waals surface area contributed by atoms with Crippen molar-refractivity contribution < 1.29 is 35.6 Å². The summed E-state index contributed by atoms with van der Waals surface area (Å²) in [7, 11) is 0.759. The third kappa shape index (κ3) is 6.26. The Hall–Kier alpha value is -1.95. The molecule has 29 heavy (non-hydrogen) atoms. The first-order valence-electron chi connectivity index (χ1n) is 8.88. The molecule has 0 aliphatic carbocycles. The minimum atomic E-state index is 0. The van der Waals surface area contributed by atoms with Crippen molar-refractivity contribution >= 4 is 40.7 Å². The summed E-state index contributed by atoms with van der Waals surface area (Å²) in [6.45, 7) is 2.19. The summed E-state index contributed by atoms with van der Waals surface area (Å²) in [4.78, 5) is 0. The van der Waals surface area contributed by atoms with Crippen LogP contribution in [0.3, 0.4) is 0 Å². The topological polar surface area (TPSA) is 0 Å². The van der Waals surface area contributed by atoms with Crippen LogP contribution in [0.1, 0.15) is 5.56 Å². The average Bonchev–Trinajstić information content (AvgIpc) is 3.30. The van der Waals surface area contributed by atoms with Crippen molar-refractivity contribution in [2.45, 2.75) is 6.92 Å². The third-order valence-corrected chi connectivity index (χ3v) is 6.00. The Bertz CT molecular complexity index is 1080. The van der Waals surface area contributed by atoms with Crippen LogP contribution in [0.2, 0.25) is 0 Å². The van der Waals surface area contributed by atoms with Crippen molar-refractivity contribution in [3.05, 3.63) is 109 Å². The molecule has 0 saturated heterocycles. The molecule has 0 aromatic heterocycles. The molecule has 5 aromatic rings. The molecular weight excluding hydrogens is 460 g/mol. The molecule has 0 fully saturated rings. The van der Waals surface area contributed by atoms with Gasteiger partial charge in [-0.05, 0) is 17.8 Å². The van der Waals surface area contributed by atoms with Crippen LogP contribution in [-0.4, -0.2) is 0 Å². The zero-order chi connectivity index (χ0) is 17.8. The second kappa shape index (κ2) is 11.9. The predicted octanol–water partition coefficient (Wildman–Crippen LogP) is 0.0606. The molecule has 0 bridgehead atoms. The van der Waals surface area contributed by atoms with Gasteiger partial charge in [-0.25, -0.2) is 0 Å². The zero-order valence-corrected chi connectivity index (χ0v) is 19.5. The number of rotatable bonds is 2. The van der Waals surface area contributed by atoms with Crippen LogP contribution in [0.15, 0.2) is 103 Å². The van der Waals surface area contributed by atoms with Crippen LogP contribution >= 0.6 is 8.58 Å². The van der Waals surface area contributed by atoms with Crippen LogP contribution in [0.4, 0.5) is 0 Å². The van der Waals surface area contributed by atoms with Gasteiger partial charge < -0.3 is 9.41 Å². The van der Waals surface area contributed by atoms with E-state index in [9.17, 15) is 0 Å². The summed E-state index contributed by atoms with van der Waals surface area (Å²) in [5.41, 5.74) is 1.39. The maximum atomic E-state index is 2.31. The Morgan fingerprint density at radius 1 is 0.690 bits per heavy atom. The molecule has 5 aromatic carbocycles. The number of halogens is 2. The first kappa shape index (κ1) is 25.1. The number of hydrogen-bond donors (Lipinski definition) is 0. The van der Waals surface area contributed by atoms with E-state index < -0.39 is 0 Å². The van der Waals surface area contributed by atoms with Crippen molar-refractivity contribution in [1.82, 2.24) is 0 Å². The van der Waals surface area contributed by atoms with Gasteiger partial charge in [0.05, 0.1) is 0 Å². The normalized spacial score (nSPS) is 9.97. The summed E-state index contributed by atoms with van der Waals surface area (Å²) in [5, 5.41) is 8.24. The molecule has 0 N–H and O–H groups in total. The molecule has 0 saturated carbocycles. The van der Waals surface area contributed by atoms with Gasteiger partial charge in [0.2, 0.25) is 0 Å². The van der Waals surface area contributed by atoms with Gasteiger partial charge in [-0.2, -0.15) is 23.6 Å². The number of hydrogen-bond acceptors (Lipinski definition) is 0. The minimum Gasteiger partial charge on any atom is -1.00 e. The first-order valence-corrected chi connectivity index (χ1v) is 9.88. The molecule has 5 rings (SSSR count). The Morgan fingerprint density at radius 2 is 1.31 bits per heavy atom. The standard InChI is InChI=1S/C16H14P.C9H7.2FH.Zr/c1-12-6-2-5-9-16(12)17-15-10-13-7-3-4-8-14(13)11-15;1-2-5-9-7-3-6-8(9)4-1;;;/h2-11,17H,1H3;1-7H;2*1H;/q2*-1;;;+4/p-2. The van der Waals surface area contributed by atoms with Gasteiger partial charge in [-0.3, -0.25) is 0 Å². The van der Waals surface area contributed by atoms with E-state index in [2.05, 4.69) is 110 Å². The second-order valence-corrected chi connectivity index (χ2v) is 7.83. The van der Waals surface area contributed by atoms with Crippen LogP contribution in [0.5, 0.6) is 0 Å². The molecule has 0 spiro atoms. The molecule has 0 aliphatic heterocycles. The van der Waals surface area contributed by atoms with E-state index in [1.54, 1.807) is 0 Å². The summed E-state index contributed by atoms with van der Waals surface area (Å²) in [6, 6.07) is 36.5. The van der Waals surface area contributed by atoms with E-state index in [0.29, 0.717) is 0 Å². The van der Waals surface area contributed by atoms with Crippen molar-refractivity contribution in [3.63, 3.8) is 0 Å². The minimum absolute atomic E-state index is 0. The average molecular weight is 482 g/mol. The Kier molecular flexibility index (Phi) is 10.3. The maximum Gasteiger partial charge on any atom is 4.00 e. The quantitative estimate of drug-likeness (QED) is 0.247. The van der Waals surface area contributed by atoms with Gasteiger partial charge >= 0.3 is 26.2 Å². The fourth-order valence-corrected chi connectivity index (χ4v) is 4.39. The van der Waals surface area contributed by atoms with Crippen molar-refractivity contribution in [3.8, 4) is 0 Å². The second-order valence-electron chi connectivity index (χ2n) is 6.47. The van der Waals surface area contributed by atoms with Gasteiger partial charge in [0.1, 0.15) is 0 Å². The largest absolute Gasteiger partial charge is 4.00 e. The molecule has 1 unspecified atom stereocenters. The molecule has 1 atom stereocenters. The fourth-order valence-electron chi connectivity index (χ4n) is 3.16. The number of fused-ring (bicyclic) bond motifs is 2. The SMILES string of the molecule is Cc1ccccc1Pc1cc2ccccc2[cH-]1.[F-].[F-].[Zr+4].c1ccc2[cH-]ccc2c1. The molecule has 0 radical (unpaired) electrons. The van der Waals surface area contributed by atoms with E-state index in [4.69, 9.17) is 0 Å². The van der Waals surface area contributed by atoms with Gasteiger partial charge in [0.15, 0.2) is 0 Å². The summed E-state index contributed by atoms with van der Waals surface area (Å²) < 4.78 is 0. The molecule has 144 valence electrons. The maximum absolute atomic E-state index is 2.31. The van der Waals surface area contributed by atoms with Gasteiger partial charge in [-0.15, -0.1) is 70.0 Å². The van der Waals surface area contributed by atoms with Crippen LogP contribution in [0.25, 0.3) is 21.5 Å². The first-order chi connectivity index (χ1) is 12.8. The third-order valence-electron chi connectivity index (χ3n) is 4.59. The monoisotopic (exact) mass is 480 g/mol. The van der Waals surface area contributed by atoms with Crippen LogP contribution < -0.4 is 20.0 Å². The van der Waals surface area contributed by atoms with Crippen molar-refractivity contribution in [1.29, 1.82) is 0 Å². The Labute approximate surface area is 191 Å². The summed E-state index contributed by atoms with van der Waals surface area (Å²) >= 11 is 0. The van der Waals surface area contributed by atoms with E-state index in [1.807, 2.05) is 0 Å². The number of aryl methyl sites for hydroxylation is 1. The molecular formula is C25H21F2PZr. The Balaban J connectivity index is 0.000000302. The predicted molar refractivity (Wildman–Crippen MR) is 118 cm³/mol. The molecule has 0 heterocycles. The molecule has 0 nitrogen and oxygen atoms in total. The summed E-state index contributed by atoms with van der Waals surface area (Å²) in [6.07, 6.45) is 0. The van der Waals surface area contributed by atoms with Crippen LogP contribution in [0, 0.1) is 6.92 Å². The van der Waals surface area contributed by atoms with Crippen molar-refractivity contribution in [2.75, 3.05) is 0 Å². The summed E-state index contributed by atoms with van der Waals surface area (Å²) in [5.74, 6) is 0. The van der Waals surface area contributed by atoms with E-state index >= 15 is 0 Å². The van der Waals surface area contributed by atoms with E-state index in [0.717, 1.165) is 8.58 Å². The smallest absolute Gasteiger partial charge is 1.00 e. The number of benzene rings is 3. The van der Waals surface area contributed by atoms with Gasteiger partial charge in [0, 0.05) is 0 Å². The Morgan fingerprint density at radius 3 is 2.00 bits per heavy atom. The van der Waals surface area contributed by atoms with Crippen LogP contribution in [-0.2, 0) is 26.2 Å². The molecule has 0 aliphatic rings.